The third kappa shape index (κ3) is 4.55. The van der Waals surface area contributed by atoms with Crippen molar-refractivity contribution in [1.29, 1.82) is 0 Å². The third-order valence-electron chi connectivity index (χ3n) is 3.56. The van der Waals surface area contributed by atoms with E-state index in [1.807, 2.05) is 42.5 Å². The van der Waals surface area contributed by atoms with Crippen LogP contribution in [-0.2, 0) is 14.3 Å². The number of pyridine rings is 1. The number of anilines is 1. The van der Waals surface area contributed by atoms with Crippen LogP contribution in [0.4, 0.5) is 5.69 Å². The Morgan fingerprint density at radius 2 is 1.88 bits per heavy atom. The SMILES string of the molecule is O=C(COC(=O)/C=C/c1cccc2cccnc12)Nc1ccccc1Br. The van der Waals surface area contributed by atoms with Gasteiger partial charge in [-0.25, -0.2) is 4.79 Å². The summed E-state index contributed by atoms with van der Waals surface area (Å²) in [6, 6.07) is 16.7. The van der Waals surface area contributed by atoms with Gasteiger partial charge in [0.25, 0.3) is 5.91 Å². The Morgan fingerprint density at radius 3 is 2.73 bits per heavy atom. The molecule has 0 bridgehead atoms. The van der Waals surface area contributed by atoms with E-state index in [2.05, 4.69) is 26.2 Å². The first-order valence-electron chi connectivity index (χ1n) is 7.86. The Bertz CT molecular complexity index is 980. The fraction of sp³-hybridized carbons (Fsp3) is 0.0500. The molecule has 0 saturated heterocycles. The molecule has 0 unspecified atom stereocenters. The predicted octanol–water partition coefficient (Wildman–Crippen LogP) is 4.19. The fourth-order valence-electron chi connectivity index (χ4n) is 2.35. The van der Waals surface area contributed by atoms with Crippen molar-refractivity contribution in [2.24, 2.45) is 0 Å². The monoisotopic (exact) mass is 410 g/mol. The molecule has 1 amide bonds. The van der Waals surface area contributed by atoms with E-state index in [1.165, 1.54) is 6.08 Å². The van der Waals surface area contributed by atoms with Gasteiger partial charge in [0.05, 0.1) is 11.2 Å². The number of nitrogens with one attached hydrogen (secondary N) is 1. The van der Waals surface area contributed by atoms with E-state index in [4.69, 9.17) is 4.74 Å². The number of hydrogen-bond acceptors (Lipinski definition) is 4. The lowest BCUT2D eigenvalue weighted by Gasteiger charge is -2.07. The van der Waals surface area contributed by atoms with E-state index in [0.29, 0.717) is 5.69 Å². The van der Waals surface area contributed by atoms with E-state index in [1.54, 1.807) is 24.4 Å². The molecule has 0 saturated carbocycles. The molecule has 6 heteroatoms. The number of amides is 1. The summed E-state index contributed by atoms with van der Waals surface area (Å²) < 4.78 is 5.73. The number of rotatable bonds is 5. The number of aromatic nitrogens is 1. The zero-order chi connectivity index (χ0) is 18.4. The molecule has 2 aromatic carbocycles. The van der Waals surface area contributed by atoms with Crippen molar-refractivity contribution in [2.75, 3.05) is 11.9 Å². The molecule has 3 rings (SSSR count). The number of benzene rings is 2. The molecule has 0 fully saturated rings. The van der Waals surface area contributed by atoms with Crippen LogP contribution in [0.2, 0.25) is 0 Å². The molecule has 0 spiro atoms. The van der Waals surface area contributed by atoms with Crippen LogP contribution in [-0.4, -0.2) is 23.5 Å². The Kier molecular flexibility index (Phi) is 5.76. The molecule has 3 aromatic rings. The van der Waals surface area contributed by atoms with Crippen molar-refractivity contribution < 1.29 is 14.3 Å². The lowest BCUT2D eigenvalue weighted by molar-refractivity contribution is -0.142. The fourth-order valence-corrected chi connectivity index (χ4v) is 2.74. The molecule has 0 atom stereocenters. The Labute approximate surface area is 158 Å². The highest BCUT2D eigenvalue weighted by Gasteiger charge is 2.07. The maximum absolute atomic E-state index is 11.9. The second kappa shape index (κ2) is 8.40. The minimum absolute atomic E-state index is 0.363. The van der Waals surface area contributed by atoms with E-state index in [9.17, 15) is 9.59 Å². The number of para-hydroxylation sites is 2. The molecule has 26 heavy (non-hydrogen) atoms. The van der Waals surface area contributed by atoms with Gasteiger partial charge in [-0.05, 0) is 40.2 Å². The molecule has 0 aliphatic rings. The maximum atomic E-state index is 11.9. The lowest BCUT2D eigenvalue weighted by atomic mass is 10.1. The zero-order valence-electron chi connectivity index (χ0n) is 13.7. The number of esters is 1. The van der Waals surface area contributed by atoms with Crippen molar-refractivity contribution in [3.8, 4) is 0 Å². The van der Waals surface area contributed by atoms with Gasteiger partial charge in [-0.1, -0.05) is 36.4 Å². The number of ether oxygens (including phenoxy) is 1. The van der Waals surface area contributed by atoms with Gasteiger partial charge >= 0.3 is 5.97 Å². The first-order valence-corrected chi connectivity index (χ1v) is 8.66. The molecular weight excluding hydrogens is 396 g/mol. The highest BCUT2D eigenvalue weighted by molar-refractivity contribution is 9.10. The second-order valence-corrected chi connectivity index (χ2v) is 6.25. The van der Waals surface area contributed by atoms with Crippen molar-refractivity contribution in [1.82, 2.24) is 4.98 Å². The topological polar surface area (TPSA) is 68.3 Å². The molecule has 0 aliphatic heterocycles. The van der Waals surface area contributed by atoms with Crippen LogP contribution in [0.1, 0.15) is 5.56 Å². The summed E-state index contributed by atoms with van der Waals surface area (Å²) in [5, 5.41) is 3.65. The van der Waals surface area contributed by atoms with Gasteiger partial charge in [0.15, 0.2) is 6.61 Å². The van der Waals surface area contributed by atoms with Crippen LogP contribution in [0.15, 0.2) is 71.3 Å². The lowest BCUT2D eigenvalue weighted by Crippen LogP contribution is -2.20. The molecule has 130 valence electrons. The van der Waals surface area contributed by atoms with Crippen molar-refractivity contribution in [3.63, 3.8) is 0 Å². The van der Waals surface area contributed by atoms with Crippen molar-refractivity contribution >= 4 is 50.5 Å². The van der Waals surface area contributed by atoms with Gasteiger partial charge in [-0.2, -0.15) is 0 Å². The number of nitrogens with zero attached hydrogens (tertiary/aromatic N) is 1. The van der Waals surface area contributed by atoms with Crippen molar-refractivity contribution in [3.05, 3.63) is 76.9 Å². The third-order valence-corrected chi connectivity index (χ3v) is 4.25. The largest absolute Gasteiger partial charge is 0.452 e. The molecule has 1 N–H and O–H groups in total. The highest BCUT2D eigenvalue weighted by atomic mass is 79.9. The zero-order valence-corrected chi connectivity index (χ0v) is 15.3. The van der Waals surface area contributed by atoms with Crippen LogP contribution < -0.4 is 5.32 Å². The summed E-state index contributed by atoms with van der Waals surface area (Å²) >= 11 is 3.34. The standard InChI is InChI=1S/C20H15BrN2O3/c21-16-8-1-2-9-17(16)23-18(24)13-26-19(25)11-10-15-6-3-5-14-7-4-12-22-20(14)15/h1-12H,13H2,(H,23,24)/b11-10+. The minimum atomic E-state index is -0.597. The number of hydrogen-bond donors (Lipinski definition) is 1. The molecule has 1 aromatic heterocycles. The van der Waals surface area contributed by atoms with Crippen LogP contribution in [0.25, 0.3) is 17.0 Å². The number of carbonyl (C=O) groups is 2. The van der Waals surface area contributed by atoms with E-state index in [0.717, 1.165) is 20.9 Å². The molecule has 1 heterocycles. The first-order chi connectivity index (χ1) is 12.6. The van der Waals surface area contributed by atoms with Gasteiger partial charge in [0.1, 0.15) is 0 Å². The quantitative estimate of drug-likeness (QED) is 0.505. The smallest absolute Gasteiger partial charge is 0.331 e. The number of carbonyl (C=O) groups excluding carboxylic acids is 2. The van der Waals surface area contributed by atoms with Gasteiger partial charge in [-0.15, -0.1) is 0 Å². The normalized spacial score (nSPS) is 10.8. The van der Waals surface area contributed by atoms with E-state index < -0.39 is 11.9 Å². The first kappa shape index (κ1) is 17.8. The maximum Gasteiger partial charge on any atom is 0.331 e. The van der Waals surface area contributed by atoms with Gasteiger partial charge in [0.2, 0.25) is 0 Å². The molecule has 5 nitrogen and oxygen atoms in total. The van der Waals surface area contributed by atoms with Crippen LogP contribution in [0, 0.1) is 0 Å². The summed E-state index contributed by atoms with van der Waals surface area (Å²) in [6.07, 6.45) is 4.61. The Morgan fingerprint density at radius 1 is 1.08 bits per heavy atom. The van der Waals surface area contributed by atoms with Gasteiger partial charge in [-0.3, -0.25) is 9.78 Å². The summed E-state index contributed by atoms with van der Waals surface area (Å²) in [6.45, 7) is -0.363. The van der Waals surface area contributed by atoms with Crippen LogP contribution in [0.5, 0.6) is 0 Å². The molecule has 0 aliphatic carbocycles. The molecular formula is C20H15BrN2O3. The number of fused-ring (bicyclic) bond motifs is 1. The average molecular weight is 411 g/mol. The summed E-state index contributed by atoms with van der Waals surface area (Å²) in [5.74, 6) is -1.01. The van der Waals surface area contributed by atoms with Crippen LogP contribution in [0.3, 0.4) is 0 Å². The number of halogens is 1. The predicted molar refractivity (Wildman–Crippen MR) is 105 cm³/mol. The highest BCUT2D eigenvalue weighted by Crippen LogP contribution is 2.21. The summed E-state index contributed by atoms with van der Waals surface area (Å²) in [5.41, 5.74) is 2.22. The van der Waals surface area contributed by atoms with E-state index in [-0.39, 0.29) is 6.61 Å². The van der Waals surface area contributed by atoms with E-state index >= 15 is 0 Å². The Balaban J connectivity index is 1.58. The van der Waals surface area contributed by atoms with Crippen LogP contribution >= 0.6 is 15.9 Å². The van der Waals surface area contributed by atoms with Gasteiger partial charge in [0, 0.05) is 27.7 Å². The summed E-state index contributed by atoms with van der Waals surface area (Å²) in [7, 11) is 0. The molecule has 0 radical (unpaired) electrons. The summed E-state index contributed by atoms with van der Waals surface area (Å²) in [4.78, 5) is 28.0. The van der Waals surface area contributed by atoms with Gasteiger partial charge < -0.3 is 10.1 Å². The Hall–Kier alpha value is -2.99. The average Bonchev–Trinajstić information content (AvgIpc) is 2.66. The second-order valence-electron chi connectivity index (χ2n) is 5.39. The van der Waals surface area contributed by atoms with Crippen molar-refractivity contribution in [2.45, 2.75) is 0 Å². The minimum Gasteiger partial charge on any atom is -0.452 e.